The van der Waals surface area contributed by atoms with Gasteiger partial charge in [-0.2, -0.15) is 4.98 Å². The zero-order chi connectivity index (χ0) is 29.0. The number of aromatic nitrogens is 6. The second-order valence-corrected chi connectivity index (χ2v) is 12.4. The summed E-state index contributed by atoms with van der Waals surface area (Å²) in [6.07, 6.45) is 4.07. The maximum absolute atomic E-state index is 6.28. The highest BCUT2D eigenvalue weighted by atomic mass is 35.5. The van der Waals surface area contributed by atoms with Gasteiger partial charge < -0.3 is 14.2 Å². The maximum Gasteiger partial charge on any atom is 0.258 e. The van der Waals surface area contributed by atoms with E-state index >= 15 is 0 Å². The van der Waals surface area contributed by atoms with Gasteiger partial charge >= 0.3 is 0 Å². The van der Waals surface area contributed by atoms with Crippen molar-refractivity contribution in [1.29, 1.82) is 0 Å². The van der Waals surface area contributed by atoms with Crippen molar-refractivity contribution >= 4 is 46.0 Å². The molecule has 0 spiro atoms. The lowest BCUT2D eigenvalue weighted by Crippen LogP contribution is -2.57. The molecule has 0 saturated carbocycles. The lowest BCUT2D eigenvalue weighted by Gasteiger charge is -2.48. The van der Waals surface area contributed by atoms with E-state index in [1.54, 1.807) is 6.33 Å². The fraction of sp³-hybridized carbons (Fsp3) is 0.419. The summed E-state index contributed by atoms with van der Waals surface area (Å²) < 4.78 is 10.2. The smallest absolute Gasteiger partial charge is 0.258 e. The number of hydrogen-bond donors (Lipinski definition) is 0. The highest BCUT2D eigenvalue weighted by Gasteiger charge is 2.37. The van der Waals surface area contributed by atoms with Gasteiger partial charge in [0.25, 0.3) is 5.78 Å². The first-order valence-corrected chi connectivity index (χ1v) is 15.3. The third kappa shape index (κ3) is 4.92. The van der Waals surface area contributed by atoms with Gasteiger partial charge in [-0.15, -0.1) is 10.2 Å². The molecule has 2 saturated heterocycles. The molecule has 0 aliphatic carbocycles. The van der Waals surface area contributed by atoms with Crippen LogP contribution in [0.4, 0.5) is 5.82 Å². The zero-order valence-electron chi connectivity index (χ0n) is 24.0. The van der Waals surface area contributed by atoms with Crippen molar-refractivity contribution in [3.05, 3.63) is 81.9 Å². The van der Waals surface area contributed by atoms with Crippen molar-refractivity contribution in [2.45, 2.75) is 64.4 Å². The monoisotopic (exact) mass is 604 g/mol. The van der Waals surface area contributed by atoms with E-state index in [0.717, 1.165) is 71.9 Å². The average Bonchev–Trinajstić information content (AvgIpc) is 3.73. The summed E-state index contributed by atoms with van der Waals surface area (Å²) in [5.74, 6) is 2.37. The molecule has 2 aromatic carbocycles. The van der Waals surface area contributed by atoms with Crippen LogP contribution in [0, 0.1) is 6.92 Å². The Morgan fingerprint density at radius 1 is 0.929 bits per heavy atom. The van der Waals surface area contributed by atoms with Gasteiger partial charge in [0.15, 0.2) is 11.5 Å². The zero-order valence-corrected chi connectivity index (χ0v) is 25.5. The van der Waals surface area contributed by atoms with E-state index in [4.69, 9.17) is 37.9 Å². The average molecular weight is 606 g/mol. The minimum absolute atomic E-state index is 0.0546. The van der Waals surface area contributed by atoms with Gasteiger partial charge in [0.2, 0.25) is 0 Å². The lowest BCUT2D eigenvalue weighted by atomic mass is 9.93. The van der Waals surface area contributed by atoms with Gasteiger partial charge in [-0.1, -0.05) is 47.5 Å². The lowest BCUT2D eigenvalue weighted by molar-refractivity contribution is 0.0972. The number of benzene rings is 2. The van der Waals surface area contributed by atoms with Crippen LogP contribution in [0.5, 0.6) is 0 Å². The molecule has 1 unspecified atom stereocenters. The van der Waals surface area contributed by atoms with Crippen LogP contribution in [0.3, 0.4) is 0 Å². The maximum atomic E-state index is 6.28. The van der Waals surface area contributed by atoms with Crippen molar-refractivity contribution in [2.75, 3.05) is 24.6 Å². The second kappa shape index (κ2) is 11.1. The first-order valence-electron chi connectivity index (χ1n) is 14.6. The molecule has 11 heteroatoms. The Hall–Kier alpha value is -3.24. The summed E-state index contributed by atoms with van der Waals surface area (Å²) in [5.41, 5.74) is 4.24. The van der Waals surface area contributed by atoms with Gasteiger partial charge in [0, 0.05) is 41.8 Å². The number of halogens is 2. The number of imidazole rings is 1. The molecular weight excluding hydrogens is 571 g/mol. The van der Waals surface area contributed by atoms with Crippen LogP contribution in [0.2, 0.25) is 10.0 Å². The van der Waals surface area contributed by atoms with Gasteiger partial charge in [-0.05, 0) is 69.0 Å². The quantitative estimate of drug-likeness (QED) is 0.237. The molecular formula is C31H34Cl2N8O. The Bertz CT molecular complexity index is 1670. The normalized spacial score (nSPS) is 21.8. The van der Waals surface area contributed by atoms with E-state index in [1.807, 2.05) is 28.7 Å². The van der Waals surface area contributed by atoms with Crippen LogP contribution in [0.15, 0.2) is 54.9 Å². The first kappa shape index (κ1) is 27.6. The van der Waals surface area contributed by atoms with Crippen LogP contribution in [-0.2, 0) is 11.3 Å². The third-order valence-corrected chi connectivity index (χ3v) is 9.23. The second-order valence-electron chi connectivity index (χ2n) is 11.6. The molecule has 9 nitrogen and oxygen atoms in total. The molecule has 0 amide bonds. The fourth-order valence-electron chi connectivity index (χ4n) is 6.63. The van der Waals surface area contributed by atoms with Crippen molar-refractivity contribution in [3.8, 4) is 0 Å². The fourth-order valence-corrected chi connectivity index (χ4v) is 6.89. The predicted molar refractivity (Wildman–Crippen MR) is 166 cm³/mol. The highest BCUT2D eigenvalue weighted by molar-refractivity contribution is 6.30. The summed E-state index contributed by atoms with van der Waals surface area (Å²) >= 11 is 12.6. The van der Waals surface area contributed by atoms with E-state index < -0.39 is 0 Å². The number of ether oxygens (including phenoxy) is 1. The molecule has 2 aliphatic heterocycles. The van der Waals surface area contributed by atoms with E-state index in [0.29, 0.717) is 5.78 Å². The number of anilines is 1. The predicted octanol–water partition coefficient (Wildman–Crippen LogP) is 5.96. The molecule has 2 aliphatic rings. The minimum Gasteiger partial charge on any atom is -0.376 e. The molecule has 3 atom stereocenters. The van der Waals surface area contributed by atoms with E-state index in [-0.39, 0.29) is 24.2 Å². The highest BCUT2D eigenvalue weighted by Crippen LogP contribution is 2.37. The Kier molecular flexibility index (Phi) is 7.30. The number of rotatable bonds is 6. The molecule has 2 fully saturated rings. The van der Waals surface area contributed by atoms with E-state index in [2.05, 4.69) is 69.6 Å². The number of hydrogen-bond acceptors (Lipinski definition) is 7. The van der Waals surface area contributed by atoms with Gasteiger partial charge in [0.1, 0.15) is 17.7 Å². The molecule has 3 aromatic heterocycles. The Morgan fingerprint density at radius 3 is 2.26 bits per heavy atom. The molecule has 0 radical (unpaired) electrons. The summed E-state index contributed by atoms with van der Waals surface area (Å²) in [6.45, 7) is 9.78. The van der Waals surface area contributed by atoms with E-state index in [9.17, 15) is 0 Å². The molecule has 218 valence electrons. The Morgan fingerprint density at radius 2 is 1.62 bits per heavy atom. The van der Waals surface area contributed by atoms with Crippen molar-refractivity contribution in [1.82, 2.24) is 34.0 Å². The van der Waals surface area contributed by atoms with Crippen molar-refractivity contribution in [2.24, 2.45) is 0 Å². The Balaban J connectivity index is 1.26. The topological polar surface area (TPSA) is 76.6 Å². The van der Waals surface area contributed by atoms with Crippen LogP contribution < -0.4 is 4.90 Å². The third-order valence-electron chi connectivity index (χ3n) is 8.73. The van der Waals surface area contributed by atoms with Gasteiger partial charge in [0.05, 0.1) is 18.7 Å². The summed E-state index contributed by atoms with van der Waals surface area (Å²) in [5, 5.41) is 10.0. The number of piperazine rings is 1. The van der Waals surface area contributed by atoms with Gasteiger partial charge in [-0.3, -0.25) is 4.90 Å². The largest absolute Gasteiger partial charge is 0.376 e. The molecule has 0 bridgehead atoms. The molecule has 0 N–H and O–H groups in total. The molecule has 5 aromatic rings. The van der Waals surface area contributed by atoms with Crippen LogP contribution in [-0.4, -0.2) is 71.9 Å². The molecule has 7 rings (SSSR count). The van der Waals surface area contributed by atoms with Crippen molar-refractivity contribution in [3.63, 3.8) is 0 Å². The number of nitrogens with zero attached hydrogens (tertiary/aromatic N) is 8. The van der Waals surface area contributed by atoms with Crippen LogP contribution >= 0.6 is 23.2 Å². The van der Waals surface area contributed by atoms with Crippen molar-refractivity contribution < 1.29 is 4.74 Å². The molecule has 42 heavy (non-hydrogen) atoms. The SMILES string of the molecule is Cc1nc2c(N3C[C@@H](C)N(C(c4ccc(Cl)cc4)c4ccc(Cl)cc4)C[C@@H]3C)nc3nncn3c2n1CC1CCCO1. The standard InChI is InChI=1S/C31H34Cl2N8O/c1-19-16-39(20(2)15-38(19)28(22-6-10-24(32)11-7-22)23-8-12-25(33)13-9-23)29-27-30(41-18-34-37-31(41)36-29)40(21(3)35-27)17-26-5-4-14-42-26/h6-13,18-20,26,28H,4-5,14-17H2,1-3H3/t19-,20+,26?/m1/s1. The van der Waals surface area contributed by atoms with Crippen LogP contribution in [0.1, 0.15) is 49.7 Å². The summed E-state index contributed by atoms with van der Waals surface area (Å²) in [7, 11) is 0. The van der Waals surface area contributed by atoms with Gasteiger partial charge in [-0.25, -0.2) is 9.38 Å². The summed E-state index contributed by atoms with van der Waals surface area (Å²) in [4.78, 5) is 15.1. The summed E-state index contributed by atoms with van der Waals surface area (Å²) in [6, 6.07) is 16.8. The molecule has 5 heterocycles. The Labute approximate surface area is 255 Å². The minimum atomic E-state index is 0.0546. The van der Waals surface area contributed by atoms with E-state index in [1.165, 1.54) is 11.1 Å². The number of fused-ring (bicyclic) bond motifs is 3. The first-order chi connectivity index (χ1) is 20.4. The number of aryl methyl sites for hydroxylation is 1. The van der Waals surface area contributed by atoms with Crippen LogP contribution in [0.25, 0.3) is 16.9 Å².